The van der Waals surface area contributed by atoms with Crippen LogP contribution in [0.5, 0.6) is 5.88 Å². The molecule has 2 rings (SSSR count). The van der Waals surface area contributed by atoms with Crippen molar-refractivity contribution in [1.82, 2.24) is 20.7 Å². The number of likely N-dealkylation sites (N-methyl/N-ethyl adjacent to an activating group) is 2. The SMILES string of the molecule is CCc1cc(-c2ccc(C(=O)N(C)C(C)C(NC)NO)cc2)cnc1OC. The predicted molar refractivity (Wildman–Crippen MR) is 105 cm³/mol. The van der Waals surface area contributed by atoms with Crippen molar-refractivity contribution >= 4 is 5.91 Å². The smallest absolute Gasteiger partial charge is 0.253 e. The Morgan fingerprint density at radius 1 is 1.30 bits per heavy atom. The van der Waals surface area contributed by atoms with Gasteiger partial charge in [-0.2, -0.15) is 5.48 Å². The van der Waals surface area contributed by atoms with Crippen LogP contribution in [0.15, 0.2) is 36.5 Å². The number of amides is 1. The first-order valence-corrected chi connectivity index (χ1v) is 8.94. The van der Waals surface area contributed by atoms with Crippen LogP contribution in [-0.2, 0) is 6.42 Å². The van der Waals surface area contributed by atoms with Gasteiger partial charge in [-0.1, -0.05) is 19.1 Å². The van der Waals surface area contributed by atoms with Crippen molar-refractivity contribution in [3.8, 4) is 17.0 Å². The Morgan fingerprint density at radius 2 is 1.96 bits per heavy atom. The van der Waals surface area contributed by atoms with Crippen molar-refractivity contribution < 1.29 is 14.7 Å². The number of benzene rings is 1. The highest BCUT2D eigenvalue weighted by Crippen LogP contribution is 2.25. The summed E-state index contributed by atoms with van der Waals surface area (Å²) in [6.07, 6.45) is 2.18. The molecule has 2 atom stereocenters. The molecule has 7 nitrogen and oxygen atoms in total. The topological polar surface area (TPSA) is 86.7 Å². The molecule has 146 valence electrons. The second kappa shape index (κ2) is 9.45. The van der Waals surface area contributed by atoms with Gasteiger partial charge >= 0.3 is 0 Å². The predicted octanol–water partition coefficient (Wildman–Crippen LogP) is 2.30. The van der Waals surface area contributed by atoms with Crippen LogP contribution in [0, 0.1) is 0 Å². The normalized spacial score (nSPS) is 13.1. The fraction of sp³-hybridized carbons (Fsp3) is 0.400. The van der Waals surface area contributed by atoms with Crippen molar-refractivity contribution in [1.29, 1.82) is 0 Å². The molecule has 0 aliphatic heterocycles. The van der Waals surface area contributed by atoms with Gasteiger partial charge < -0.3 is 20.2 Å². The maximum absolute atomic E-state index is 12.7. The molecule has 0 fully saturated rings. The van der Waals surface area contributed by atoms with Crippen molar-refractivity contribution in [2.45, 2.75) is 32.5 Å². The molecule has 0 saturated heterocycles. The molecule has 0 aliphatic rings. The lowest BCUT2D eigenvalue weighted by Crippen LogP contribution is -2.54. The van der Waals surface area contributed by atoms with E-state index in [4.69, 9.17) is 4.74 Å². The highest BCUT2D eigenvalue weighted by atomic mass is 16.5. The Kier molecular flexibility index (Phi) is 7.29. The van der Waals surface area contributed by atoms with Crippen LogP contribution in [0.1, 0.15) is 29.8 Å². The van der Waals surface area contributed by atoms with E-state index >= 15 is 0 Å². The zero-order valence-corrected chi connectivity index (χ0v) is 16.5. The lowest BCUT2D eigenvalue weighted by molar-refractivity contribution is 0.0493. The number of ether oxygens (including phenoxy) is 1. The Labute approximate surface area is 160 Å². The van der Waals surface area contributed by atoms with Gasteiger partial charge in [-0.15, -0.1) is 0 Å². The van der Waals surface area contributed by atoms with Crippen LogP contribution in [0.4, 0.5) is 0 Å². The highest BCUT2D eigenvalue weighted by molar-refractivity contribution is 5.94. The summed E-state index contributed by atoms with van der Waals surface area (Å²) in [5.41, 5.74) is 5.75. The molecule has 0 radical (unpaired) electrons. The number of methoxy groups -OCH3 is 1. The molecule has 0 saturated carbocycles. The van der Waals surface area contributed by atoms with E-state index in [9.17, 15) is 10.0 Å². The maximum atomic E-state index is 12.7. The minimum atomic E-state index is -0.420. The Balaban J connectivity index is 2.20. The van der Waals surface area contributed by atoms with Crippen LogP contribution >= 0.6 is 0 Å². The summed E-state index contributed by atoms with van der Waals surface area (Å²) in [7, 11) is 5.04. The van der Waals surface area contributed by atoms with Crippen molar-refractivity contribution in [3.63, 3.8) is 0 Å². The number of carbonyl (C=O) groups is 1. The van der Waals surface area contributed by atoms with E-state index < -0.39 is 6.17 Å². The van der Waals surface area contributed by atoms with Crippen LogP contribution in [0.3, 0.4) is 0 Å². The fourth-order valence-corrected chi connectivity index (χ4v) is 2.92. The van der Waals surface area contributed by atoms with Crippen molar-refractivity contribution in [2.24, 2.45) is 0 Å². The molecule has 3 N–H and O–H groups in total. The van der Waals surface area contributed by atoms with Crippen molar-refractivity contribution in [3.05, 3.63) is 47.7 Å². The summed E-state index contributed by atoms with van der Waals surface area (Å²) in [6.45, 7) is 3.91. The summed E-state index contributed by atoms with van der Waals surface area (Å²) in [5, 5.41) is 12.1. The third-order valence-electron chi connectivity index (χ3n) is 4.83. The number of nitrogens with zero attached hydrogens (tertiary/aromatic N) is 2. The summed E-state index contributed by atoms with van der Waals surface area (Å²) >= 11 is 0. The minimum Gasteiger partial charge on any atom is -0.481 e. The van der Waals surface area contributed by atoms with E-state index in [0.717, 1.165) is 23.1 Å². The van der Waals surface area contributed by atoms with Gasteiger partial charge in [-0.3, -0.25) is 4.79 Å². The average molecular weight is 372 g/mol. The number of rotatable bonds is 8. The maximum Gasteiger partial charge on any atom is 0.253 e. The molecule has 0 bridgehead atoms. The number of aromatic nitrogens is 1. The molecule has 1 amide bonds. The van der Waals surface area contributed by atoms with Crippen LogP contribution in [-0.4, -0.2) is 54.4 Å². The van der Waals surface area contributed by atoms with Gasteiger partial charge in [-0.05, 0) is 44.2 Å². The Morgan fingerprint density at radius 3 is 2.48 bits per heavy atom. The number of aryl methyl sites for hydroxylation is 1. The summed E-state index contributed by atoms with van der Waals surface area (Å²) in [4.78, 5) is 18.7. The first kappa shape index (κ1) is 20.8. The molecule has 27 heavy (non-hydrogen) atoms. The van der Waals surface area contributed by atoms with E-state index in [1.807, 2.05) is 19.1 Å². The molecule has 1 aromatic heterocycles. The molecule has 7 heteroatoms. The summed E-state index contributed by atoms with van der Waals surface area (Å²) in [6, 6.07) is 9.24. The number of hydroxylamine groups is 1. The summed E-state index contributed by atoms with van der Waals surface area (Å²) in [5.74, 6) is 0.520. The van der Waals surface area contributed by atoms with Gasteiger partial charge in [-0.25, -0.2) is 4.98 Å². The van der Waals surface area contributed by atoms with Gasteiger partial charge in [0.05, 0.1) is 13.2 Å². The molecular weight excluding hydrogens is 344 g/mol. The number of pyridine rings is 1. The molecule has 0 aliphatic carbocycles. The summed E-state index contributed by atoms with van der Waals surface area (Å²) < 4.78 is 5.27. The molecule has 1 aromatic carbocycles. The zero-order valence-electron chi connectivity index (χ0n) is 16.5. The Bertz CT molecular complexity index is 760. The van der Waals surface area contributed by atoms with E-state index in [2.05, 4.69) is 28.8 Å². The second-order valence-corrected chi connectivity index (χ2v) is 6.38. The molecular formula is C20H28N4O3. The lowest BCUT2D eigenvalue weighted by atomic mass is 10.0. The standard InChI is InChI=1S/C20H28N4O3/c1-6-14-11-17(12-22-19(14)27-5)15-7-9-16(10-8-15)20(25)24(4)13(2)18(21-3)23-26/h7-13,18,21,23,26H,6H2,1-5H3. The third kappa shape index (κ3) is 4.63. The van der Waals surface area contributed by atoms with E-state index in [-0.39, 0.29) is 11.9 Å². The van der Waals surface area contributed by atoms with E-state index in [1.165, 1.54) is 0 Å². The molecule has 2 aromatic rings. The first-order valence-electron chi connectivity index (χ1n) is 8.94. The van der Waals surface area contributed by atoms with Crippen LogP contribution < -0.4 is 15.5 Å². The van der Waals surface area contributed by atoms with E-state index in [0.29, 0.717) is 11.4 Å². The van der Waals surface area contributed by atoms with Gasteiger partial charge in [0.15, 0.2) is 0 Å². The van der Waals surface area contributed by atoms with Gasteiger partial charge in [0.2, 0.25) is 5.88 Å². The quantitative estimate of drug-likeness (QED) is 0.487. The molecule has 1 heterocycles. The van der Waals surface area contributed by atoms with E-state index in [1.54, 1.807) is 44.4 Å². The van der Waals surface area contributed by atoms with Crippen LogP contribution in [0.2, 0.25) is 0 Å². The van der Waals surface area contributed by atoms with Gasteiger partial charge in [0.1, 0.15) is 6.17 Å². The molecule has 2 unspecified atom stereocenters. The number of hydrogen-bond acceptors (Lipinski definition) is 6. The lowest BCUT2D eigenvalue weighted by Gasteiger charge is -2.31. The third-order valence-corrected chi connectivity index (χ3v) is 4.83. The first-order chi connectivity index (χ1) is 13.0. The largest absolute Gasteiger partial charge is 0.481 e. The zero-order chi connectivity index (χ0) is 20.0. The number of nitrogens with one attached hydrogen (secondary N) is 2. The average Bonchev–Trinajstić information content (AvgIpc) is 2.73. The highest BCUT2D eigenvalue weighted by Gasteiger charge is 2.23. The minimum absolute atomic E-state index is 0.119. The monoisotopic (exact) mass is 372 g/mol. The Hall–Kier alpha value is -2.48. The van der Waals surface area contributed by atoms with Crippen molar-refractivity contribution in [2.75, 3.05) is 21.2 Å². The van der Waals surface area contributed by atoms with Gasteiger partial charge in [0, 0.05) is 29.9 Å². The fourth-order valence-electron chi connectivity index (χ4n) is 2.92. The number of hydrogen-bond donors (Lipinski definition) is 3. The number of carbonyl (C=O) groups excluding carboxylic acids is 1. The van der Waals surface area contributed by atoms with Gasteiger partial charge in [0.25, 0.3) is 5.91 Å². The second-order valence-electron chi connectivity index (χ2n) is 6.38. The molecule has 0 spiro atoms. The van der Waals surface area contributed by atoms with Crippen LogP contribution in [0.25, 0.3) is 11.1 Å².